The number of amides is 2. The maximum Gasteiger partial charge on any atom is 0.410 e. The molecule has 0 aliphatic heterocycles. The molecule has 1 aromatic heterocycles. The Morgan fingerprint density at radius 1 is 1.07 bits per heavy atom. The molecule has 3 aromatic rings. The molecule has 0 spiro atoms. The highest BCUT2D eigenvalue weighted by atomic mass is 32.1. The van der Waals surface area contributed by atoms with Crippen LogP contribution in [0.15, 0.2) is 24.3 Å². The number of benzene rings is 2. The summed E-state index contributed by atoms with van der Waals surface area (Å²) in [5.74, 6) is 0.0690. The molecule has 2 amide bonds. The van der Waals surface area contributed by atoms with Crippen LogP contribution >= 0.6 is 11.3 Å². The number of fused-ring (bicyclic) bond motifs is 1. The first-order chi connectivity index (χ1) is 12.8. The standard InChI is InChI=1S/C19H19N3O4S/c1-9-5-10(2)16(11(3)6-9)21-17(23)12-7-15-13(8-14(12)26-4)20-18(27-15)22-19(24)25/h5-8H,1-4H3,(H,20,22)(H,21,23)(H,24,25). The molecule has 0 saturated heterocycles. The van der Waals surface area contributed by atoms with Gasteiger partial charge in [-0.1, -0.05) is 29.0 Å². The van der Waals surface area contributed by atoms with Crippen LogP contribution < -0.4 is 15.4 Å². The molecule has 7 nitrogen and oxygen atoms in total. The van der Waals surface area contributed by atoms with Crippen LogP contribution in [0.25, 0.3) is 10.2 Å². The number of carboxylic acid groups (broad SMARTS) is 1. The minimum Gasteiger partial charge on any atom is -0.496 e. The lowest BCUT2D eigenvalue weighted by molar-refractivity contribution is 0.102. The summed E-state index contributed by atoms with van der Waals surface area (Å²) < 4.78 is 6.03. The lowest BCUT2D eigenvalue weighted by Crippen LogP contribution is -2.15. The molecule has 0 saturated carbocycles. The van der Waals surface area contributed by atoms with Gasteiger partial charge in [-0.3, -0.25) is 10.1 Å². The van der Waals surface area contributed by atoms with Gasteiger partial charge in [0.1, 0.15) is 5.75 Å². The summed E-state index contributed by atoms with van der Waals surface area (Å²) in [7, 11) is 1.48. The molecular formula is C19H19N3O4S. The zero-order valence-electron chi connectivity index (χ0n) is 15.3. The third-order valence-corrected chi connectivity index (χ3v) is 5.02. The highest BCUT2D eigenvalue weighted by Crippen LogP contribution is 2.33. The van der Waals surface area contributed by atoms with Crippen LogP contribution in [0.1, 0.15) is 27.0 Å². The van der Waals surface area contributed by atoms with Crippen molar-refractivity contribution < 1.29 is 19.4 Å². The topological polar surface area (TPSA) is 101 Å². The molecule has 140 valence electrons. The largest absolute Gasteiger partial charge is 0.496 e. The number of rotatable bonds is 4. The number of methoxy groups -OCH3 is 1. The molecule has 3 rings (SSSR count). The Balaban J connectivity index is 1.99. The highest BCUT2D eigenvalue weighted by molar-refractivity contribution is 7.22. The third-order valence-electron chi connectivity index (χ3n) is 4.08. The van der Waals surface area contributed by atoms with Gasteiger partial charge in [0.15, 0.2) is 5.13 Å². The first-order valence-corrected chi connectivity index (χ1v) is 8.98. The van der Waals surface area contributed by atoms with E-state index in [1.54, 1.807) is 12.1 Å². The van der Waals surface area contributed by atoms with Crippen molar-refractivity contribution in [3.05, 3.63) is 46.5 Å². The Bertz CT molecular complexity index is 1040. The molecule has 0 radical (unpaired) electrons. The maximum absolute atomic E-state index is 12.9. The van der Waals surface area contributed by atoms with E-state index >= 15 is 0 Å². The quantitative estimate of drug-likeness (QED) is 0.611. The SMILES string of the molecule is COc1cc2nc(NC(=O)O)sc2cc1C(=O)Nc1c(C)cc(C)cc1C. The molecule has 0 bridgehead atoms. The van der Waals surface area contributed by atoms with Crippen LogP contribution in [0, 0.1) is 20.8 Å². The van der Waals surface area contributed by atoms with Crippen LogP contribution in [-0.2, 0) is 0 Å². The number of hydrogen-bond donors (Lipinski definition) is 3. The lowest BCUT2D eigenvalue weighted by Gasteiger charge is -2.14. The molecule has 27 heavy (non-hydrogen) atoms. The van der Waals surface area contributed by atoms with Gasteiger partial charge < -0.3 is 15.2 Å². The number of aromatic nitrogens is 1. The van der Waals surface area contributed by atoms with E-state index in [1.807, 2.05) is 32.9 Å². The van der Waals surface area contributed by atoms with Gasteiger partial charge in [-0.05, 0) is 38.0 Å². The molecule has 0 aliphatic carbocycles. The number of carbonyl (C=O) groups excluding carboxylic acids is 1. The summed E-state index contributed by atoms with van der Waals surface area (Å²) in [6.45, 7) is 5.90. The summed E-state index contributed by atoms with van der Waals surface area (Å²) >= 11 is 1.15. The van der Waals surface area contributed by atoms with E-state index in [4.69, 9.17) is 9.84 Å². The molecule has 0 fully saturated rings. The predicted octanol–water partition coefficient (Wildman–Crippen LogP) is 4.57. The molecule has 1 heterocycles. The lowest BCUT2D eigenvalue weighted by atomic mass is 10.0. The normalized spacial score (nSPS) is 10.7. The number of thiazole rings is 1. The van der Waals surface area contributed by atoms with Crippen molar-refractivity contribution in [1.82, 2.24) is 4.98 Å². The molecule has 0 unspecified atom stereocenters. The third kappa shape index (κ3) is 3.85. The van der Waals surface area contributed by atoms with Crippen LogP contribution in [0.2, 0.25) is 0 Å². The number of anilines is 2. The Morgan fingerprint density at radius 2 is 1.74 bits per heavy atom. The fourth-order valence-electron chi connectivity index (χ4n) is 3.00. The summed E-state index contributed by atoms with van der Waals surface area (Å²) in [6.07, 6.45) is -1.19. The number of nitrogens with one attached hydrogen (secondary N) is 2. The number of hydrogen-bond acceptors (Lipinski definition) is 5. The number of carbonyl (C=O) groups is 2. The van der Waals surface area contributed by atoms with Gasteiger partial charge in [-0.25, -0.2) is 9.78 Å². The maximum atomic E-state index is 12.9. The Hall–Kier alpha value is -3.13. The Morgan fingerprint density at radius 3 is 2.33 bits per heavy atom. The second-order valence-electron chi connectivity index (χ2n) is 6.20. The average Bonchev–Trinajstić information content (AvgIpc) is 2.96. The number of aryl methyl sites for hydroxylation is 3. The predicted molar refractivity (Wildman–Crippen MR) is 106 cm³/mol. The van der Waals surface area contributed by atoms with E-state index in [2.05, 4.69) is 15.6 Å². The van der Waals surface area contributed by atoms with Gasteiger partial charge in [-0.15, -0.1) is 0 Å². The van der Waals surface area contributed by atoms with Crippen LogP contribution in [0.3, 0.4) is 0 Å². The minimum absolute atomic E-state index is 0.238. The van der Waals surface area contributed by atoms with Crippen molar-refractivity contribution in [2.24, 2.45) is 0 Å². The summed E-state index contributed by atoms with van der Waals surface area (Å²) in [5, 5.41) is 14.3. The second-order valence-corrected chi connectivity index (χ2v) is 7.23. The summed E-state index contributed by atoms with van der Waals surface area (Å²) in [5.41, 5.74) is 4.77. The van der Waals surface area contributed by atoms with Gasteiger partial charge in [0.05, 0.1) is 22.9 Å². The van der Waals surface area contributed by atoms with Crippen molar-refractivity contribution in [3.8, 4) is 5.75 Å². The summed E-state index contributed by atoms with van der Waals surface area (Å²) in [6, 6.07) is 7.31. The van der Waals surface area contributed by atoms with Gasteiger partial charge in [0.25, 0.3) is 5.91 Å². The van der Waals surface area contributed by atoms with Crippen LogP contribution in [-0.4, -0.2) is 29.2 Å². The fourth-order valence-corrected chi connectivity index (χ4v) is 3.88. The van der Waals surface area contributed by atoms with Gasteiger partial charge >= 0.3 is 6.09 Å². The molecule has 0 aliphatic rings. The van der Waals surface area contributed by atoms with E-state index in [0.717, 1.165) is 33.7 Å². The average molecular weight is 385 g/mol. The zero-order chi connectivity index (χ0) is 19.7. The first-order valence-electron chi connectivity index (χ1n) is 8.16. The van der Waals surface area contributed by atoms with Crippen molar-refractivity contribution in [3.63, 3.8) is 0 Å². The Labute approximate surface area is 160 Å². The van der Waals surface area contributed by atoms with Crippen LogP contribution in [0.4, 0.5) is 15.6 Å². The monoisotopic (exact) mass is 385 g/mol. The summed E-state index contributed by atoms with van der Waals surface area (Å²) in [4.78, 5) is 27.9. The van der Waals surface area contributed by atoms with E-state index in [-0.39, 0.29) is 11.0 Å². The molecule has 3 N–H and O–H groups in total. The van der Waals surface area contributed by atoms with E-state index < -0.39 is 6.09 Å². The van der Waals surface area contributed by atoms with E-state index in [0.29, 0.717) is 21.5 Å². The molecule has 8 heteroatoms. The van der Waals surface area contributed by atoms with Crippen molar-refractivity contribution in [1.29, 1.82) is 0 Å². The van der Waals surface area contributed by atoms with Gasteiger partial charge in [0.2, 0.25) is 0 Å². The molecule has 0 atom stereocenters. The Kier molecular flexibility index (Phi) is 5.00. The van der Waals surface area contributed by atoms with Crippen molar-refractivity contribution in [2.45, 2.75) is 20.8 Å². The fraction of sp³-hybridized carbons (Fsp3) is 0.211. The molecule has 2 aromatic carbocycles. The van der Waals surface area contributed by atoms with Gasteiger partial charge in [0, 0.05) is 11.8 Å². The molecular weight excluding hydrogens is 366 g/mol. The highest BCUT2D eigenvalue weighted by Gasteiger charge is 2.18. The van der Waals surface area contributed by atoms with E-state index in [1.165, 1.54) is 7.11 Å². The van der Waals surface area contributed by atoms with Crippen LogP contribution in [0.5, 0.6) is 5.75 Å². The number of ether oxygens (including phenoxy) is 1. The van der Waals surface area contributed by atoms with Gasteiger partial charge in [-0.2, -0.15) is 0 Å². The zero-order valence-corrected chi connectivity index (χ0v) is 16.2. The minimum atomic E-state index is -1.19. The smallest absolute Gasteiger partial charge is 0.410 e. The van der Waals surface area contributed by atoms with Crippen molar-refractivity contribution in [2.75, 3.05) is 17.7 Å². The van der Waals surface area contributed by atoms with E-state index in [9.17, 15) is 9.59 Å². The second kappa shape index (κ2) is 7.24. The first kappa shape index (κ1) is 18.7. The van der Waals surface area contributed by atoms with Crippen molar-refractivity contribution >= 4 is 44.4 Å². The number of nitrogens with zero attached hydrogens (tertiary/aromatic N) is 1.